The van der Waals surface area contributed by atoms with Crippen molar-refractivity contribution in [3.05, 3.63) is 60.0 Å². The van der Waals surface area contributed by atoms with Gasteiger partial charge in [-0.05, 0) is 28.1 Å². The highest BCUT2D eigenvalue weighted by Gasteiger charge is 2.09. The fraction of sp³-hybridized carbons (Fsp3) is 0. The average molecular weight is 464 g/mol. The van der Waals surface area contributed by atoms with Gasteiger partial charge in [0.15, 0.2) is 3.77 Å². The second kappa shape index (κ2) is 6.80. The molecule has 0 atom stereocenters. The number of nitrogens with one attached hydrogen (secondary N) is 1. The van der Waals surface area contributed by atoms with Crippen molar-refractivity contribution in [3.63, 3.8) is 0 Å². The Bertz CT molecular complexity index is 692. The van der Waals surface area contributed by atoms with Crippen molar-refractivity contribution in [2.24, 2.45) is 5.10 Å². The third kappa shape index (κ3) is 4.11. The van der Waals surface area contributed by atoms with Gasteiger partial charge in [-0.25, -0.2) is 5.43 Å². The quantitative estimate of drug-likeness (QED) is 0.325. The normalized spacial score (nSPS) is 10.8. The highest BCUT2D eigenvalue weighted by molar-refractivity contribution is 14.1. The molecule has 0 aliphatic carbocycles. The van der Waals surface area contributed by atoms with Gasteiger partial charge in [-0.1, -0.05) is 0 Å². The third-order valence-corrected chi connectivity index (χ3v) is 4.49. The molecule has 0 saturated carbocycles. The van der Waals surface area contributed by atoms with Crippen molar-refractivity contribution >= 4 is 56.3 Å². The van der Waals surface area contributed by atoms with Crippen LogP contribution in [0.5, 0.6) is 0 Å². The van der Waals surface area contributed by atoms with Gasteiger partial charge in [-0.3, -0.25) is 14.9 Å². The minimum Gasteiger partial charge on any atom is -0.448 e. The number of benzene rings is 1. The summed E-state index contributed by atoms with van der Waals surface area (Å²) in [5.74, 6) is 0.0109. The number of hydrazone groups is 1. The Balaban J connectivity index is 1.99. The van der Waals surface area contributed by atoms with Crippen molar-refractivity contribution in [1.29, 1.82) is 0 Å². The number of carbonyl (C=O) groups excluding carboxylic acids is 1. The number of carbonyl (C=O) groups is 1. The number of halogens is 2. The Morgan fingerprint density at radius 2 is 2.10 bits per heavy atom. The summed E-state index contributed by atoms with van der Waals surface area (Å²) in [5.41, 5.74) is 2.50. The molecule has 0 spiro atoms. The van der Waals surface area contributed by atoms with Crippen LogP contribution in [0.1, 0.15) is 16.1 Å². The Kier molecular flexibility index (Phi) is 5.07. The summed E-state index contributed by atoms with van der Waals surface area (Å²) in [6.45, 7) is 0. The predicted molar refractivity (Wildman–Crippen MR) is 87.3 cm³/mol. The van der Waals surface area contributed by atoms with Crippen LogP contribution in [-0.2, 0) is 0 Å². The molecule has 1 aromatic heterocycles. The summed E-state index contributed by atoms with van der Waals surface area (Å²) in [7, 11) is 0. The summed E-state index contributed by atoms with van der Waals surface area (Å²) >= 11 is 5.30. The molecule has 0 saturated heterocycles. The smallest absolute Gasteiger partial charge is 0.271 e. The highest BCUT2D eigenvalue weighted by Crippen LogP contribution is 2.21. The first-order chi connectivity index (χ1) is 9.97. The van der Waals surface area contributed by atoms with Crippen molar-refractivity contribution in [2.75, 3.05) is 0 Å². The minimum atomic E-state index is -0.532. The molecule has 1 N–H and O–H groups in total. The molecular weight excluding hydrogens is 457 g/mol. The Hall–Kier alpha value is -1.75. The number of amides is 1. The van der Waals surface area contributed by atoms with Crippen LogP contribution < -0.4 is 5.43 Å². The lowest BCUT2D eigenvalue weighted by Crippen LogP contribution is -2.17. The second-order valence-corrected chi connectivity index (χ2v) is 5.61. The highest BCUT2D eigenvalue weighted by atomic mass is 127. The number of hydrogen-bond donors (Lipinski definition) is 1. The second-order valence-electron chi connectivity index (χ2n) is 3.77. The Morgan fingerprint density at radius 1 is 1.43 bits per heavy atom. The number of nitro groups is 1. The van der Waals surface area contributed by atoms with Crippen LogP contribution in [0.3, 0.4) is 0 Å². The first-order valence-corrected chi connectivity index (χ1v) is 7.37. The van der Waals surface area contributed by atoms with E-state index in [9.17, 15) is 14.9 Å². The zero-order chi connectivity index (χ0) is 15.4. The lowest BCUT2D eigenvalue weighted by atomic mass is 10.2. The molecule has 1 heterocycles. The molecule has 7 nitrogen and oxygen atoms in total. The topological polar surface area (TPSA) is 97.7 Å². The lowest BCUT2D eigenvalue weighted by Gasteiger charge is -1.98. The van der Waals surface area contributed by atoms with Crippen LogP contribution in [0.25, 0.3) is 0 Å². The van der Waals surface area contributed by atoms with Crippen molar-refractivity contribution < 1.29 is 14.1 Å². The Morgan fingerprint density at radius 3 is 2.62 bits per heavy atom. The zero-order valence-corrected chi connectivity index (χ0v) is 14.0. The minimum absolute atomic E-state index is 0.0786. The fourth-order valence-electron chi connectivity index (χ4n) is 1.38. The summed E-state index contributed by atoms with van der Waals surface area (Å²) < 4.78 is 6.78. The number of furan rings is 1. The zero-order valence-electron chi connectivity index (χ0n) is 10.2. The molecule has 2 rings (SSSR count). The van der Waals surface area contributed by atoms with Gasteiger partial charge in [-0.15, -0.1) is 0 Å². The molecule has 0 radical (unpaired) electrons. The number of rotatable bonds is 4. The van der Waals surface area contributed by atoms with E-state index in [1.165, 1.54) is 30.5 Å². The van der Waals surface area contributed by atoms with Crippen LogP contribution in [0.4, 0.5) is 5.69 Å². The molecule has 2 aromatic rings. The number of hydrogen-bond acceptors (Lipinski definition) is 5. The monoisotopic (exact) mass is 463 g/mol. The fourth-order valence-corrected chi connectivity index (χ4v) is 2.10. The summed E-state index contributed by atoms with van der Waals surface area (Å²) in [6.07, 6.45) is 1.36. The predicted octanol–water partition coefficient (Wildman–Crippen LogP) is 3.32. The van der Waals surface area contributed by atoms with Crippen LogP contribution in [-0.4, -0.2) is 17.0 Å². The molecule has 0 fully saturated rings. The van der Waals surface area contributed by atoms with E-state index in [2.05, 4.69) is 26.5 Å². The van der Waals surface area contributed by atoms with E-state index in [4.69, 9.17) is 4.42 Å². The number of nitro benzene ring substituents is 1. The average Bonchev–Trinajstić information content (AvgIpc) is 2.77. The molecule has 1 aromatic carbocycles. The van der Waals surface area contributed by atoms with Gasteiger partial charge in [-0.2, -0.15) is 5.10 Å². The number of non-ortho nitro benzene ring substituents is 1. The van der Waals surface area contributed by atoms with E-state index in [0.29, 0.717) is 9.53 Å². The van der Waals surface area contributed by atoms with E-state index in [1.54, 1.807) is 6.07 Å². The molecular formula is C12H7BrIN3O4. The summed E-state index contributed by atoms with van der Waals surface area (Å²) in [6, 6.07) is 6.93. The summed E-state index contributed by atoms with van der Waals surface area (Å²) in [4.78, 5) is 21.7. The molecule has 0 aliphatic heterocycles. The largest absolute Gasteiger partial charge is 0.448 e. The van der Waals surface area contributed by atoms with Crippen LogP contribution in [0.15, 0.2) is 44.3 Å². The molecule has 9 heteroatoms. The first-order valence-electron chi connectivity index (χ1n) is 5.50. The van der Waals surface area contributed by atoms with Gasteiger partial charge in [0.1, 0.15) is 5.76 Å². The van der Waals surface area contributed by atoms with Gasteiger partial charge in [0, 0.05) is 46.4 Å². The van der Waals surface area contributed by atoms with Crippen LogP contribution in [0, 0.1) is 13.9 Å². The van der Waals surface area contributed by atoms with E-state index in [0.717, 1.165) is 4.47 Å². The molecule has 0 unspecified atom stereocenters. The summed E-state index contributed by atoms with van der Waals surface area (Å²) in [5, 5.41) is 14.3. The van der Waals surface area contributed by atoms with Gasteiger partial charge < -0.3 is 4.42 Å². The van der Waals surface area contributed by atoms with Crippen molar-refractivity contribution in [3.8, 4) is 0 Å². The van der Waals surface area contributed by atoms with E-state index >= 15 is 0 Å². The Labute approximate surface area is 140 Å². The van der Waals surface area contributed by atoms with Crippen molar-refractivity contribution in [1.82, 2.24) is 5.43 Å². The van der Waals surface area contributed by atoms with E-state index in [1.807, 2.05) is 22.6 Å². The van der Waals surface area contributed by atoms with Crippen LogP contribution >= 0.6 is 38.5 Å². The third-order valence-electron chi connectivity index (χ3n) is 2.36. The molecule has 108 valence electrons. The SMILES string of the molecule is O=C(N/N=C\c1cc(Br)c(I)o1)c1ccc([N+](=O)[O-])cc1. The van der Waals surface area contributed by atoms with Gasteiger partial charge >= 0.3 is 0 Å². The standard InChI is InChI=1S/C12H7BrIN3O4/c13-10-5-9(21-11(10)14)6-15-16-12(18)7-1-3-8(4-2-7)17(19)20/h1-6H,(H,16,18)/b15-6-. The van der Waals surface area contributed by atoms with E-state index in [-0.39, 0.29) is 11.3 Å². The number of nitrogens with zero attached hydrogens (tertiary/aromatic N) is 2. The van der Waals surface area contributed by atoms with Gasteiger partial charge in [0.25, 0.3) is 11.6 Å². The lowest BCUT2D eigenvalue weighted by molar-refractivity contribution is -0.384. The molecule has 21 heavy (non-hydrogen) atoms. The van der Waals surface area contributed by atoms with E-state index < -0.39 is 10.8 Å². The van der Waals surface area contributed by atoms with Crippen LogP contribution in [0.2, 0.25) is 0 Å². The maximum atomic E-state index is 11.8. The molecule has 0 bridgehead atoms. The molecule has 0 aliphatic rings. The maximum Gasteiger partial charge on any atom is 0.271 e. The van der Waals surface area contributed by atoms with Gasteiger partial charge in [0.2, 0.25) is 0 Å². The first kappa shape index (κ1) is 15.6. The molecule has 1 amide bonds. The van der Waals surface area contributed by atoms with Gasteiger partial charge in [0.05, 0.1) is 15.6 Å². The maximum absolute atomic E-state index is 11.8. The van der Waals surface area contributed by atoms with Crippen molar-refractivity contribution in [2.45, 2.75) is 0 Å².